The lowest BCUT2D eigenvalue weighted by Crippen LogP contribution is -2.24. The first-order valence-electron chi connectivity index (χ1n) is 11.0. The Morgan fingerprint density at radius 1 is 0.621 bits per heavy atom. The molecule has 29 heavy (non-hydrogen) atoms. The molecular formula is C25H38O3P+. The molecule has 2 aromatic rings. The van der Waals surface area contributed by atoms with Crippen LogP contribution in [0.3, 0.4) is 0 Å². The highest BCUT2D eigenvalue weighted by molar-refractivity contribution is 7.84. The average Bonchev–Trinajstić information content (AvgIpc) is 2.78. The fraction of sp³-hybridized carbons (Fsp3) is 0.520. The van der Waals surface area contributed by atoms with Gasteiger partial charge in [-0.1, -0.05) is 51.9 Å². The zero-order valence-corrected chi connectivity index (χ0v) is 19.3. The molecular weight excluding hydrogens is 379 g/mol. The molecule has 0 radical (unpaired) electrons. The van der Waals surface area contributed by atoms with E-state index < -0.39 is 7.49 Å². The van der Waals surface area contributed by atoms with Gasteiger partial charge in [0.05, 0.1) is 20.4 Å². The first-order chi connectivity index (χ1) is 14.1. The molecule has 2 aromatic carbocycles. The molecule has 0 unspecified atom stereocenters. The van der Waals surface area contributed by atoms with Crippen LogP contribution in [0.4, 0.5) is 0 Å². The van der Waals surface area contributed by atoms with E-state index in [-0.39, 0.29) is 0 Å². The predicted octanol–water partition coefficient (Wildman–Crippen LogP) is 6.11. The average molecular weight is 418 g/mol. The van der Waals surface area contributed by atoms with E-state index in [1.807, 2.05) is 48.5 Å². The van der Waals surface area contributed by atoms with Crippen molar-refractivity contribution >= 4 is 18.1 Å². The number of benzene rings is 2. The SMILES string of the molecule is CCCCCCCCCCC[P+](O)(c1ccc(OC)cc1)c1ccc(OC)cc1. The largest absolute Gasteiger partial charge is 0.497 e. The van der Waals surface area contributed by atoms with Crippen molar-refractivity contribution < 1.29 is 14.4 Å². The van der Waals surface area contributed by atoms with E-state index in [0.29, 0.717) is 0 Å². The minimum absolute atomic E-state index is 0.818. The lowest BCUT2D eigenvalue weighted by atomic mass is 10.1. The molecule has 0 saturated heterocycles. The zero-order chi connectivity index (χ0) is 21.0. The number of methoxy groups -OCH3 is 2. The van der Waals surface area contributed by atoms with Crippen LogP contribution in [0.2, 0.25) is 0 Å². The minimum Gasteiger partial charge on any atom is -0.497 e. The van der Waals surface area contributed by atoms with Gasteiger partial charge in [0.2, 0.25) is 7.49 Å². The molecule has 0 heterocycles. The van der Waals surface area contributed by atoms with Crippen LogP contribution in [0.1, 0.15) is 64.7 Å². The molecule has 0 saturated carbocycles. The number of rotatable bonds is 14. The van der Waals surface area contributed by atoms with E-state index in [1.54, 1.807) is 14.2 Å². The quantitative estimate of drug-likeness (QED) is 0.298. The second-order valence-electron chi connectivity index (χ2n) is 7.72. The third-order valence-corrected chi connectivity index (χ3v) is 8.85. The standard InChI is InChI=1S/C25H38O3P/c1-4-5-6-7-8-9-10-11-12-21-29(26,24-17-13-22(27-2)14-18-24)25-19-15-23(28-3)16-20-25/h13-20,26H,4-12,21H2,1-3H3/q+1. The monoisotopic (exact) mass is 417 g/mol. The van der Waals surface area contributed by atoms with Gasteiger partial charge in [-0.3, -0.25) is 0 Å². The molecule has 3 nitrogen and oxygen atoms in total. The summed E-state index contributed by atoms with van der Waals surface area (Å²) in [6.07, 6.45) is 12.4. The number of unbranched alkanes of at least 4 members (excludes halogenated alkanes) is 8. The van der Waals surface area contributed by atoms with Gasteiger partial charge in [-0.25, -0.2) is 4.89 Å². The van der Waals surface area contributed by atoms with Crippen molar-refractivity contribution in [1.82, 2.24) is 0 Å². The van der Waals surface area contributed by atoms with Gasteiger partial charge in [0.15, 0.2) is 0 Å². The minimum atomic E-state index is -2.42. The summed E-state index contributed by atoms with van der Waals surface area (Å²) in [6.45, 7) is 2.26. The first kappa shape index (κ1) is 23.7. The third kappa shape index (κ3) is 7.32. The molecule has 0 aliphatic heterocycles. The van der Waals surface area contributed by atoms with Gasteiger partial charge in [0.25, 0.3) is 0 Å². The van der Waals surface area contributed by atoms with Crippen LogP contribution < -0.4 is 20.1 Å². The summed E-state index contributed by atoms with van der Waals surface area (Å²) in [5.41, 5.74) is 0. The third-order valence-electron chi connectivity index (χ3n) is 5.58. The lowest BCUT2D eigenvalue weighted by Gasteiger charge is -2.20. The van der Waals surface area contributed by atoms with Crippen LogP contribution in [0.25, 0.3) is 0 Å². The molecule has 0 atom stereocenters. The van der Waals surface area contributed by atoms with E-state index in [4.69, 9.17) is 9.47 Å². The summed E-state index contributed by atoms with van der Waals surface area (Å²) in [7, 11) is 0.921. The molecule has 0 amide bonds. The summed E-state index contributed by atoms with van der Waals surface area (Å²) in [4.78, 5) is 11.8. The van der Waals surface area contributed by atoms with E-state index in [0.717, 1.165) is 34.7 Å². The van der Waals surface area contributed by atoms with E-state index in [2.05, 4.69) is 6.92 Å². The van der Waals surface area contributed by atoms with Gasteiger partial charge in [-0.05, 0) is 61.4 Å². The maximum atomic E-state index is 11.8. The van der Waals surface area contributed by atoms with Crippen molar-refractivity contribution in [2.75, 3.05) is 20.4 Å². The van der Waals surface area contributed by atoms with Crippen LogP contribution in [0.15, 0.2) is 48.5 Å². The Kier molecular flexibility index (Phi) is 10.5. The fourth-order valence-electron chi connectivity index (χ4n) is 3.72. The van der Waals surface area contributed by atoms with Crippen molar-refractivity contribution in [3.63, 3.8) is 0 Å². The van der Waals surface area contributed by atoms with Crippen molar-refractivity contribution in [3.05, 3.63) is 48.5 Å². The normalized spacial score (nSPS) is 11.4. The number of ether oxygens (including phenoxy) is 2. The van der Waals surface area contributed by atoms with Crippen molar-refractivity contribution in [2.24, 2.45) is 0 Å². The van der Waals surface area contributed by atoms with Crippen LogP contribution in [-0.2, 0) is 0 Å². The van der Waals surface area contributed by atoms with Crippen molar-refractivity contribution in [1.29, 1.82) is 0 Å². The highest BCUT2D eigenvalue weighted by atomic mass is 31.2. The van der Waals surface area contributed by atoms with E-state index >= 15 is 0 Å². The molecule has 160 valence electrons. The lowest BCUT2D eigenvalue weighted by molar-refractivity contribution is 0.415. The van der Waals surface area contributed by atoms with Gasteiger partial charge in [-0.2, -0.15) is 0 Å². The van der Waals surface area contributed by atoms with E-state index in [9.17, 15) is 4.89 Å². The van der Waals surface area contributed by atoms with Crippen molar-refractivity contribution in [2.45, 2.75) is 64.7 Å². The number of hydrogen-bond acceptors (Lipinski definition) is 3. The first-order valence-corrected chi connectivity index (χ1v) is 13.0. The second kappa shape index (κ2) is 12.9. The highest BCUT2D eigenvalue weighted by Crippen LogP contribution is 2.53. The van der Waals surface area contributed by atoms with Crippen LogP contribution >= 0.6 is 7.49 Å². The maximum Gasteiger partial charge on any atom is 0.206 e. The van der Waals surface area contributed by atoms with E-state index in [1.165, 1.54) is 51.4 Å². The Hall–Kier alpha value is -1.57. The molecule has 0 bridgehead atoms. The Bertz CT molecular complexity index is 635. The van der Waals surface area contributed by atoms with Crippen LogP contribution in [0, 0.1) is 0 Å². The second-order valence-corrected chi connectivity index (χ2v) is 10.7. The van der Waals surface area contributed by atoms with Gasteiger partial charge in [0, 0.05) is 0 Å². The molecule has 0 fully saturated rings. The topological polar surface area (TPSA) is 38.7 Å². The predicted molar refractivity (Wildman–Crippen MR) is 126 cm³/mol. The Morgan fingerprint density at radius 2 is 1.00 bits per heavy atom. The van der Waals surface area contributed by atoms with Crippen LogP contribution in [-0.4, -0.2) is 25.3 Å². The molecule has 0 aliphatic rings. The molecule has 2 rings (SSSR count). The van der Waals surface area contributed by atoms with Gasteiger partial charge < -0.3 is 9.47 Å². The van der Waals surface area contributed by atoms with Gasteiger partial charge in [-0.15, -0.1) is 0 Å². The van der Waals surface area contributed by atoms with Gasteiger partial charge in [0.1, 0.15) is 22.1 Å². The summed E-state index contributed by atoms with van der Waals surface area (Å²) >= 11 is 0. The fourth-order valence-corrected chi connectivity index (χ4v) is 6.50. The Labute approximate surface area is 177 Å². The number of hydrogen-bond donors (Lipinski definition) is 1. The van der Waals surface area contributed by atoms with Gasteiger partial charge >= 0.3 is 0 Å². The Morgan fingerprint density at radius 3 is 1.38 bits per heavy atom. The highest BCUT2D eigenvalue weighted by Gasteiger charge is 2.40. The summed E-state index contributed by atoms with van der Waals surface area (Å²) in [6, 6.07) is 15.9. The van der Waals surface area contributed by atoms with Crippen molar-refractivity contribution in [3.8, 4) is 11.5 Å². The maximum absolute atomic E-state index is 11.8. The molecule has 0 aromatic heterocycles. The molecule has 4 heteroatoms. The Balaban J connectivity index is 1.99. The molecule has 0 aliphatic carbocycles. The molecule has 1 N–H and O–H groups in total. The zero-order valence-electron chi connectivity index (χ0n) is 18.4. The summed E-state index contributed by atoms with van der Waals surface area (Å²) in [5.74, 6) is 1.64. The summed E-state index contributed by atoms with van der Waals surface area (Å²) < 4.78 is 10.6. The smallest absolute Gasteiger partial charge is 0.206 e. The van der Waals surface area contributed by atoms with Crippen LogP contribution in [0.5, 0.6) is 11.5 Å². The molecule has 0 spiro atoms. The summed E-state index contributed by atoms with van der Waals surface area (Å²) in [5, 5.41) is 2.03.